The number of carbonyl (C=O) groups is 1. The minimum Gasteiger partial charge on any atom is -0.377 e. The number of aromatic nitrogens is 3. The van der Waals surface area contributed by atoms with Crippen molar-refractivity contribution in [2.24, 2.45) is 0 Å². The molecule has 1 amide bonds. The van der Waals surface area contributed by atoms with Gasteiger partial charge in [-0.3, -0.25) is 4.79 Å². The van der Waals surface area contributed by atoms with Gasteiger partial charge in [-0.15, -0.1) is 0 Å². The van der Waals surface area contributed by atoms with Crippen LogP contribution in [-0.2, 0) is 11.3 Å². The Morgan fingerprint density at radius 3 is 3.30 bits per heavy atom. The van der Waals surface area contributed by atoms with E-state index in [0.29, 0.717) is 24.6 Å². The number of H-pyrrole nitrogens is 1. The number of nitrogens with one attached hydrogen (secondary N) is 1. The molecule has 1 N–H and O–H groups in total. The van der Waals surface area contributed by atoms with Gasteiger partial charge in [-0.25, -0.2) is 4.98 Å². The lowest BCUT2D eigenvalue weighted by atomic mass is 10.2. The monoisotopic (exact) mass is 276 g/mol. The molecule has 1 fully saturated rings. The van der Waals surface area contributed by atoms with Gasteiger partial charge in [0, 0.05) is 32.1 Å². The Morgan fingerprint density at radius 1 is 1.65 bits per heavy atom. The molecule has 0 radical (unpaired) electrons. The van der Waals surface area contributed by atoms with Crippen molar-refractivity contribution < 1.29 is 14.1 Å². The molecule has 20 heavy (non-hydrogen) atoms. The molecule has 106 valence electrons. The van der Waals surface area contributed by atoms with Crippen molar-refractivity contribution in [3.63, 3.8) is 0 Å². The number of hydrogen-bond acceptors (Lipinski definition) is 5. The summed E-state index contributed by atoms with van der Waals surface area (Å²) in [5.41, 5.74) is 0.315. The van der Waals surface area contributed by atoms with E-state index in [1.54, 1.807) is 30.5 Å². The Balaban J connectivity index is 1.78. The molecule has 1 aliphatic heterocycles. The highest BCUT2D eigenvalue weighted by molar-refractivity contribution is 5.92. The van der Waals surface area contributed by atoms with Gasteiger partial charge < -0.3 is 19.1 Å². The lowest BCUT2D eigenvalue weighted by molar-refractivity contribution is 0.0719. The molecule has 3 heterocycles. The second-order valence-electron chi connectivity index (χ2n) is 4.74. The molecule has 0 saturated carbocycles. The molecular weight excluding hydrogens is 260 g/mol. The number of nitrogens with zero attached hydrogens (tertiary/aromatic N) is 3. The number of hydrogen-bond donors (Lipinski definition) is 1. The maximum atomic E-state index is 12.5. The molecule has 1 saturated heterocycles. The predicted molar refractivity (Wildman–Crippen MR) is 68.8 cm³/mol. The summed E-state index contributed by atoms with van der Waals surface area (Å²) in [7, 11) is 1.57. The number of aromatic amines is 1. The summed E-state index contributed by atoms with van der Waals surface area (Å²) in [6, 6.07) is 1.61. The van der Waals surface area contributed by atoms with E-state index < -0.39 is 0 Å². The number of imidazole rings is 1. The van der Waals surface area contributed by atoms with Gasteiger partial charge >= 0.3 is 0 Å². The minimum absolute atomic E-state index is 0.0138. The SMILES string of the molecule is COCc1cc(C(=O)N2CCCC2c2ncc[nH]2)no1. The van der Waals surface area contributed by atoms with Gasteiger partial charge in [0.25, 0.3) is 5.91 Å². The third-order valence-corrected chi connectivity index (χ3v) is 3.41. The van der Waals surface area contributed by atoms with Crippen LogP contribution in [0.25, 0.3) is 0 Å². The topological polar surface area (TPSA) is 84.2 Å². The van der Waals surface area contributed by atoms with E-state index in [-0.39, 0.29) is 11.9 Å². The molecule has 3 rings (SSSR count). The van der Waals surface area contributed by atoms with E-state index >= 15 is 0 Å². The van der Waals surface area contributed by atoms with E-state index in [9.17, 15) is 4.79 Å². The number of methoxy groups -OCH3 is 1. The number of likely N-dealkylation sites (tertiary alicyclic amines) is 1. The fraction of sp³-hybridized carbons (Fsp3) is 0.462. The predicted octanol–water partition coefficient (Wildman–Crippen LogP) is 1.52. The molecule has 1 unspecified atom stereocenters. The van der Waals surface area contributed by atoms with E-state index in [0.717, 1.165) is 18.7 Å². The Labute approximate surface area is 115 Å². The molecule has 7 nitrogen and oxygen atoms in total. The molecule has 2 aromatic rings. The normalized spacial score (nSPS) is 18.6. The second kappa shape index (κ2) is 5.46. The largest absolute Gasteiger partial charge is 0.377 e. The molecule has 0 bridgehead atoms. The third-order valence-electron chi connectivity index (χ3n) is 3.41. The van der Waals surface area contributed by atoms with Gasteiger partial charge in [0.2, 0.25) is 0 Å². The van der Waals surface area contributed by atoms with Crippen LogP contribution in [0.15, 0.2) is 23.0 Å². The van der Waals surface area contributed by atoms with Crippen molar-refractivity contribution in [2.75, 3.05) is 13.7 Å². The van der Waals surface area contributed by atoms with Crippen LogP contribution < -0.4 is 0 Å². The maximum absolute atomic E-state index is 12.5. The Hall–Kier alpha value is -2.15. The quantitative estimate of drug-likeness (QED) is 0.915. The lowest BCUT2D eigenvalue weighted by Gasteiger charge is -2.21. The summed E-state index contributed by atoms with van der Waals surface area (Å²) in [6.07, 6.45) is 5.33. The van der Waals surface area contributed by atoms with Crippen molar-refractivity contribution >= 4 is 5.91 Å². The lowest BCUT2D eigenvalue weighted by Crippen LogP contribution is -2.31. The number of ether oxygens (including phenoxy) is 1. The van der Waals surface area contributed by atoms with Gasteiger partial charge in [-0.05, 0) is 12.8 Å². The van der Waals surface area contributed by atoms with E-state index in [2.05, 4.69) is 15.1 Å². The average Bonchev–Trinajstić information content (AvgIpc) is 3.19. The van der Waals surface area contributed by atoms with Gasteiger partial charge in [-0.1, -0.05) is 5.16 Å². The van der Waals surface area contributed by atoms with Crippen LogP contribution in [0.5, 0.6) is 0 Å². The first kappa shape index (κ1) is 12.9. The molecule has 0 aliphatic carbocycles. The molecule has 0 spiro atoms. The van der Waals surface area contributed by atoms with Crippen molar-refractivity contribution in [1.29, 1.82) is 0 Å². The van der Waals surface area contributed by atoms with E-state index in [1.807, 2.05) is 0 Å². The molecule has 0 aromatic carbocycles. The summed E-state index contributed by atoms with van der Waals surface area (Å²) in [4.78, 5) is 21.6. The summed E-state index contributed by atoms with van der Waals surface area (Å²) in [5.74, 6) is 1.23. The van der Waals surface area contributed by atoms with Crippen LogP contribution in [0.1, 0.15) is 41.0 Å². The number of rotatable bonds is 4. The zero-order valence-electron chi connectivity index (χ0n) is 11.2. The summed E-state index contributed by atoms with van der Waals surface area (Å²) in [5, 5.41) is 3.82. The first-order chi connectivity index (χ1) is 9.79. The summed E-state index contributed by atoms with van der Waals surface area (Å²) < 4.78 is 10.0. The van der Waals surface area contributed by atoms with Crippen LogP contribution in [0.4, 0.5) is 0 Å². The Kier molecular flexibility index (Phi) is 3.51. The molecular formula is C13H16N4O3. The fourth-order valence-electron chi connectivity index (χ4n) is 2.52. The minimum atomic E-state index is -0.130. The highest BCUT2D eigenvalue weighted by atomic mass is 16.5. The third kappa shape index (κ3) is 2.32. The molecule has 2 aromatic heterocycles. The van der Waals surface area contributed by atoms with Crippen molar-refractivity contribution in [1.82, 2.24) is 20.0 Å². The first-order valence-electron chi connectivity index (χ1n) is 6.54. The average molecular weight is 276 g/mol. The van der Waals surface area contributed by atoms with Gasteiger partial charge in [0.05, 0.1) is 6.04 Å². The number of carbonyl (C=O) groups excluding carboxylic acids is 1. The molecule has 1 aliphatic rings. The first-order valence-corrected chi connectivity index (χ1v) is 6.54. The highest BCUT2D eigenvalue weighted by Crippen LogP contribution is 2.30. The molecule has 7 heteroatoms. The maximum Gasteiger partial charge on any atom is 0.276 e. The van der Waals surface area contributed by atoms with Crippen LogP contribution in [0.2, 0.25) is 0 Å². The summed E-state index contributed by atoms with van der Waals surface area (Å²) in [6.45, 7) is 1.01. The van der Waals surface area contributed by atoms with Gasteiger partial charge in [-0.2, -0.15) is 0 Å². The zero-order chi connectivity index (χ0) is 13.9. The van der Waals surface area contributed by atoms with Gasteiger partial charge in [0.1, 0.15) is 12.4 Å². The van der Waals surface area contributed by atoms with Crippen LogP contribution in [0, 0.1) is 0 Å². The highest BCUT2D eigenvalue weighted by Gasteiger charge is 2.33. The van der Waals surface area contributed by atoms with E-state index in [4.69, 9.17) is 9.26 Å². The smallest absolute Gasteiger partial charge is 0.276 e. The van der Waals surface area contributed by atoms with Gasteiger partial charge in [0.15, 0.2) is 11.5 Å². The standard InChI is InChI=1S/C13H16N4O3/c1-19-8-9-7-10(16-20-9)13(18)17-6-2-3-11(17)12-14-4-5-15-12/h4-5,7,11H,2-3,6,8H2,1H3,(H,14,15). The van der Waals surface area contributed by atoms with Crippen molar-refractivity contribution in [3.05, 3.63) is 35.7 Å². The van der Waals surface area contributed by atoms with Crippen molar-refractivity contribution in [3.8, 4) is 0 Å². The molecule has 1 atom stereocenters. The van der Waals surface area contributed by atoms with Crippen molar-refractivity contribution in [2.45, 2.75) is 25.5 Å². The van der Waals surface area contributed by atoms with Crippen LogP contribution in [-0.4, -0.2) is 39.6 Å². The Bertz CT molecular complexity index is 578. The zero-order valence-corrected chi connectivity index (χ0v) is 11.2. The summed E-state index contributed by atoms with van der Waals surface area (Å²) >= 11 is 0. The van der Waals surface area contributed by atoms with Crippen LogP contribution in [0.3, 0.4) is 0 Å². The van der Waals surface area contributed by atoms with E-state index in [1.165, 1.54) is 0 Å². The van der Waals surface area contributed by atoms with Crippen LogP contribution >= 0.6 is 0 Å². The number of amides is 1. The fourth-order valence-corrected chi connectivity index (χ4v) is 2.52. The Morgan fingerprint density at radius 2 is 2.55 bits per heavy atom. The second-order valence-corrected chi connectivity index (χ2v) is 4.74.